The second kappa shape index (κ2) is 7.47. The Morgan fingerprint density at radius 2 is 2.41 bits per heavy atom. The van der Waals surface area contributed by atoms with Crippen molar-refractivity contribution < 1.29 is 9.21 Å². The molecule has 0 atom stereocenters. The molecule has 0 aliphatic rings. The lowest BCUT2D eigenvalue weighted by Gasteiger charge is -2.20. The number of nitriles is 1. The van der Waals surface area contributed by atoms with Crippen LogP contribution in [0.2, 0.25) is 0 Å². The number of furan rings is 1. The first-order chi connectivity index (χ1) is 8.27. The number of nitrogens with zero attached hydrogens (tertiary/aromatic N) is 2. The van der Waals surface area contributed by atoms with Gasteiger partial charge in [-0.1, -0.05) is 0 Å². The van der Waals surface area contributed by atoms with E-state index in [2.05, 4.69) is 0 Å². The Kier molecular flexibility index (Phi) is 5.83. The van der Waals surface area contributed by atoms with E-state index in [4.69, 9.17) is 15.4 Å². The van der Waals surface area contributed by atoms with E-state index in [-0.39, 0.29) is 5.91 Å². The number of hydrogen-bond acceptors (Lipinski definition) is 4. The first kappa shape index (κ1) is 13.3. The normalized spacial score (nSPS) is 9.88. The van der Waals surface area contributed by atoms with Gasteiger partial charge in [0.1, 0.15) is 5.76 Å². The van der Waals surface area contributed by atoms with Crippen LogP contribution in [0.25, 0.3) is 0 Å². The van der Waals surface area contributed by atoms with Gasteiger partial charge in [-0.15, -0.1) is 0 Å². The van der Waals surface area contributed by atoms with Crippen LogP contribution in [-0.4, -0.2) is 23.9 Å². The summed E-state index contributed by atoms with van der Waals surface area (Å²) in [5.41, 5.74) is 5.37. The Labute approximate surface area is 101 Å². The summed E-state index contributed by atoms with van der Waals surface area (Å²) in [6.07, 6.45) is 2.99. The number of rotatable bonds is 7. The highest BCUT2D eigenvalue weighted by atomic mass is 16.3. The highest BCUT2D eigenvalue weighted by Gasteiger charge is 2.14. The lowest BCUT2D eigenvalue weighted by molar-refractivity contribution is -0.132. The molecule has 1 rings (SSSR count). The molecule has 0 bridgehead atoms. The molecule has 17 heavy (non-hydrogen) atoms. The van der Waals surface area contributed by atoms with Gasteiger partial charge in [0.2, 0.25) is 5.91 Å². The van der Waals surface area contributed by atoms with Crippen LogP contribution < -0.4 is 5.73 Å². The molecular weight excluding hydrogens is 218 g/mol. The van der Waals surface area contributed by atoms with Gasteiger partial charge >= 0.3 is 0 Å². The first-order valence-electron chi connectivity index (χ1n) is 5.65. The molecule has 2 N–H and O–H groups in total. The minimum atomic E-state index is 0.0158. The lowest BCUT2D eigenvalue weighted by atomic mass is 10.2. The average Bonchev–Trinajstić information content (AvgIpc) is 2.84. The largest absolute Gasteiger partial charge is 0.467 e. The van der Waals surface area contributed by atoms with E-state index in [1.54, 1.807) is 17.2 Å². The summed E-state index contributed by atoms with van der Waals surface area (Å²) in [6.45, 7) is 1.34. The zero-order chi connectivity index (χ0) is 12.5. The van der Waals surface area contributed by atoms with Crippen LogP contribution in [0.15, 0.2) is 22.8 Å². The second-order valence-electron chi connectivity index (χ2n) is 3.69. The van der Waals surface area contributed by atoms with E-state index in [0.717, 1.165) is 5.76 Å². The summed E-state index contributed by atoms with van der Waals surface area (Å²) in [6, 6.07) is 5.63. The van der Waals surface area contributed by atoms with Gasteiger partial charge in [-0.3, -0.25) is 4.79 Å². The molecule has 5 heteroatoms. The SMILES string of the molecule is N#CCCN(Cc1ccco1)C(=O)CCCN. The Morgan fingerprint density at radius 3 is 3.00 bits per heavy atom. The summed E-state index contributed by atoms with van der Waals surface area (Å²) in [7, 11) is 0. The third-order valence-electron chi connectivity index (χ3n) is 2.37. The minimum Gasteiger partial charge on any atom is -0.467 e. The van der Waals surface area contributed by atoms with Crippen molar-refractivity contribution in [1.29, 1.82) is 5.26 Å². The van der Waals surface area contributed by atoms with Crippen molar-refractivity contribution in [3.8, 4) is 6.07 Å². The molecule has 5 nitrogen and oxygen atoms in total. The van der Waals surface area contributed by atoms with Crippen LogP contribution >= 0.6 is 0 Å². The van der Waals surface area contributed by atoms with Crippen molar-refractivity contribution in [3.05, 3.63) is 24.2 Å². The fraction of sp³-hybridized carbons (Fsp3) is 0.500. The third-order valence-corrected chi connectivity index (χ3v) is 2.37. The van der Waals surface area contributed by atoms with Gasteiger partial charge in [-0.2, -0.15) is 5.26 Å². The van der Waals surface area contributed by atoms with E-state index in [1.807, 2.05) is 12.1 Å². The van der Waals surface area contributed by atoms with E-state index in [9.17, 15) is 4.79 Å². The maximum absolute atomic E-state index is 11.9. The Balaban J connectivity index is 2.53. The molecule has 0 saturated heterocycles. The van der Waals surface area contributed by atoms with Gasteiger partial charge in [0.05, 0.1) is 25.3 Å². The predicted molar refractivity (Wildman–Crippen MR) is 62.6 cm³/mol. The second-order valence-corrected chi connectivity index (χ2v) is 3.69. The van der Waals surface area contributed by atoms with Crippen LogP contribution in [0.4, 0.5) is 0 Å². The topological polar surface area (TPSA) is 83.3 Å². The molecule has 0 saturated carbocycles. The maximum atomic E-state index is 11.9. The Morgan fingerprint density at radius 1 is 1.59 bits per heavy atom. The van der Waals surface area contributed by atoms with Gasteiger partial charge in [-0.25, -0.2) is 0 Å². The molecule has 1 aromatic heterocycles. The zero-order valence-corrected chi connectivity index (χ0v) is 9.76. The molecule has 1 amide bonds. The summed E-state index contributed by atoms with van der Waals surface area (Å²) >= 11 is 0. The molecule has 0 spiro atoms. The standard InChI is InChI=1S/C12H17N3O2/c13-6-1-5-12(16)15(8-3-7-14)10-11-4-2-9-17-11/h2,4,9H,1,3,5-6,8,10,13H2. The van der Waals surface area contributed by atoms with Crippen molar-refractivity contribution in [1.82, 2.24) is 4.90 Å². The number of carbonyl (C=O) groups is 1. The predicted octanol–water partition coefficient (Wildman–Crippen LogP) is 1.26. The first-order valence-corrected chi connectivity index (χ1v) is 5.65. The fourth-order valence-corrected chi connectivity index (χ4v) is 1.48. The highest BCUT2D eigenvalue weighted by molar-refractivity contribution is 5.76. The molecule has 0 aliphatic carbocycles. The minimum absolute atomic E-state index is 0.0158. The van der Waals surface area contributed by atoms with E-state index in [0.29, 0.717) is 38.9 Å². The molecule has 1 aromatic rings. The average molecular weight is 235 g/mol. The van der Waals surface area contributed by atoms with Gasteiger partial charge in [0.15, 0.2) is 0 Å². The van der Waals surface area contributed by atoms with Crippen molar-refractivity contribution in [2.75, 3.05) is 13.1 Å². The smallest absolute Gasteiger partial charge is 0.223 e. The maximum Gasteiger partial charge on any atom is 0.223 e. The molecule has 0 aromatic carbocycles. The third kappa shape index (κ3) is 4.70. The van der Waals surface area contributed by atoms with Crippen LogP contribution in [-0.2, 0) is 11.3 Å². The quantitative estimate of drug-likeness (QED) is 0.771. The number of hydrogen-bond donors (Lipinski definition) is 1. The van der Waals surface area contributed by atoms with Crippen molar-refractivity contribution in [3.63, 3.8) is 0 Å². The molecular formula is C12H17N3O2. The lowest BCUT2D eigenvalue weighted by Crippen LogP contribution is -2.31. The van der Waals surface area contributed by atoms with E-state index >= 15 is 0 Å². The molecule has 92 valence electrons. The summed E-state index contributed by atoms with van der Waals surface area (Å²) < 4.78 is 5.20. The Hall–Kier alpha value is -1.80. The molecule has 1 heterocycles. The number of amides is 1. The van der Waals surface area contributed by atoms with Gasteiger partial charge in [0.25, 0.3) is 0 Å². The van der Waals surface area contributed by atoms with E-state index < -0.39 is 0 Å². The molecule has 0 radical (unpaired) electrons. The van der Waals surface area contributed by atoms with Gasteiger partial charge in [0, 0.05) is 13.0 Å². The molecule has 0 fully saturated rings. The van der Waals surface area contributed by atoms with E-state index in [1.165, 1.54) is 0 Å². The Bertz CT molecular complexity index is 368. The monoisotopic (exact) mass is 235 g/mol. The van der Waals surface area contributed by atoms with Crippen LogP contribution in [0.1, 0.15) is 25.0 Å². The summed E-state index contributed by atoms with van der Waals surface area (Å²) in [5, 5.41) is 8.57. The summed E-state index contributed by atoms with van der Waals surface area (Å²) in [4.78, 5) is 13.5. The zero-order valence-electron chi connectivity index (χ0n) is 9.76. The van der Waals surface area contributed by atoms with Gasteiger partial charge < -0.3 is 15.1 Å². The van der Waals surface area contributed by atoms with Crippen molar-refractivity contribution >= 4 is 5.91 Å². The van der Waals surface area contributed by atoms with Crippen LogP contribution in [0, 0.1) is 11.3 Å². The molecule has 0 aliphatic heterocycles. The number of nitrogens with two attached hydrogens (primary N) is 1. The van der Waals surface area contributed by atoms with Crippen molar-refractivity contribution in [2.45, 2.75) is 25.8 Å². The van der Waals surface area contributed by atoms with Crippen molar-refractivity contribution in [2.24, 2.45) is 5.73 Å². The van der Waals surface area contributed by atoms with Crippen LogP contribution in [0.3, 0.4) is 0 Å². The fourth-order valence-electron chi connectivity index (χ4n) is 1.48. The molecule has 0 unspecified atom stereocenters. The highest BCUT2D eigenvalue weighted by Crippen LogP contribution is 2.08. The summed E-state index contributed by atoms with van der Waals surface area (Å²) in [5.74, 6) is 0.742. The number of carbonyl (C=O) groups excluding carboxylic acids is 1. The van der Waals surface area contributed by atoms with Crippen LogP contribution in [0.5, 0.6) is 0 Å². The van der Waals surface area contributed by atoms with Gasteiger partial charge in [-0.05, 0) is 25.1 Å².